The van der Waals surface area contributed by atoms with E-state index in [1.807, 2.05) is 18.2 Å². The highest BCUT2D eigenvalue weighted by Crippen LogP contribution is 2.29. The summed E-state index contributed by atoms with van der Waals surface area (Å²) in [6.45, 7) is 7.04. The predicted molar refractivity (Wildman–Crippen MR) is 73.8 cm³/mol. The van der Waals surface area contributed by atoms with Crippen molar-refractivity contribution in [2.75, 3.05) is 13.7 Å². The Morgan fingerprint density at radius 1 is 1.28 bits per heavy atom. The fraction of sp³-hybridized carbons (Fsp3) is 0.467. The molecule has 0 saturated heterocycles. The van der Waals surface area contributed by atoms with E-state index in [-0.39, 0.29) is 6.04 Å². The molecule has 0 radical (unpaired) electrons. The lowest BCUT2D eigenvalue weighted by Crippen LogP contribution is -2.32. The minimum absolute atomic E-state index is 0.183. The first-order chi connectivity index (χ1) is 8.63. The summed E-state index contributed by atoms with van der Waals surface area (Å²) in [5.74, 6) is 1.01. The third-order valence-corrected chi connectivity index (χ3v) is 3.23. The molecule has 0 spiro atoms. The van der Waals surface area contributed by atoms with E-state index in [1.165, 1.54) is 10.9 Å². The topological polar surface area (TPSA) is 34.4 Å². The molecule has 0 aliphatic rings. The van der Waals surface area contributed by atoms with Gasteiger partial charge in [-0.25, -0.2) is 0 Å². The van der Waals surface area contributed by atoms with Gasteiger partial charge in [-0.15, -0.1) is 0 Å². The van der Waals surface area contributed by atoms with Crippen molar-refractivity contribution in [2.45, 2.75) is 32.9 Å². The Kier molecular flexibility index (Phi) is 4.04. The second kappa shape index (κ2) is 5.55. The van der Waals surface area contributed by atoms with E-state index in [9.17, 15) is 0 Å². The van der Waals surface area contributed by atoms with Gasteiger partial charge in [0.2, 0.25) is 0 Å². The first-order valence-electron chi connectivity index (χ1n) is 6.36. The van der Waals surface area contributed by atoms with Crippen LogP contribution in [0.2, 0.25) is 0 Å². The third-order valence-electron chi connectivity index (χ3n) is 3.23. The van der Waals surface area contributed by atoms with Crippen molar-refractivity contribution in [3.05, 3.63) is 35.6 Å². The van der Waals surface area contributed by atoms with Crippen LogP contribution in [-0.4, -0.2) is 19.8 Å². The second-order valence-corrected chi connectivity index (χ2v) is 4.83. The maximum atomic E-state index is 5.94. The zero-order chi connectivity index (χ0) is 13.1. The summed E-state index contributed by atoms with van der Waals surface area (Å²) in [7, 11) is 1.72. The average Bonchev–Trinajstić information content (AvgIpc) is 2.68. The van der Waals surface area contributed by atoms with E-state index in [0.717, 1.165) is 11.3 Å². The number of para-hydroxylation sites is 1. The fourth-order valence-corrected chi connectivity index (χ4v) is 2.41. The van der Waals surface area contributed by atoms with Crippen molar-refractivity contribution in [3.8, 4) is 0 Å². The minimum atomic E-state index is 0.183. The van der Waals surface area contributed by atoms with Crippen molar-refractivity contribution < 1.29 is 9.15 Å². The molecule has 2 unspecified atom stereocenters. The summed E-state index contributed by atoms with van der Waals surface area (Å²) in [4.78, 5) is 0. The highest BCUT2D eigenvalue weighted by molar-refractivity contribution is 5.82. The molecule has 2 aromatic rings. The second-order valence-electron chi connectivity index (χ2n) is 4.83. The number of hydrogen-bond acceptors (Lipinski definition) is 3. The van der Waals surface area contributed by atoms with Crippen LogP contribution in [0.3, 0.4) is 0 Å². The molecule has 1 N–H and O–H groups in total. The SMILES string of the molecule is COCC(C)NC(C)c1oc2ccccc2c1C. The van der Waals surface area contributed by atoms with Gasteiger partial charge in [0.1, 0.15) is 11.3 Å². The molecule has 0 saturated carbocycles. The smallest absolute Gasteiger partial charge is 0.134 e. The molecular weight excluding hydrogens is 226 g/mol. The van der Waals surface area contributed by atoms with Crippen LogP contribution < -0.4 is 5.32 Å². The van der Waals surface area contributed by atoms with Crippen molar-refractivity contribution in [1.82, 2.24) is 5.32 Å². The highest BCUT2D eigenvalue weighted by atomic mass is 16.5. The third kappa shape index (κ3) is 2.57. The van der Waals surface area contributed by atoms with Crippen LogP contribution in [0.15, 0.2) is 28.7 Å². The average molecular weight is 247 g/mol. The van der Waals surface area contributed by atoms with Gasteiger partial charge >= 0.3 is 0 Å². The molecule has 1 aromatic carbocycles. The number of aryl methyl sites for hydroxylation is 1. The van der Waals surface area contributed by atoms with Crippen LogP contribution in [0.25, 0.3) is 11.0 Å². The van der Waals surface area contributed by atoms with E-state index in [1.54, 1.807) is 7.11 Å². The highest BCUT2D eigenvalue weighted by Gasteiger charge is 2.17. The molecule has 2 atom stereocenters. The quantitative estimate of drug-likeness (QED) is 0.879. The zero-order valence-electron chi connectivity index (χ0n) is 11.5. The lowest BCUT2D eigenvalue weighted by molar-refractivity contribution is 0.166. The number of nitrogens with one attached hydrogen (secondary N) is 1. The number of rotatable bonds is 5. The fourth-order valence-electron chi connectivity index (χ4n) is 2.41. The molecule has 3 heteroatoms. The molecule has 0 amide bonds. The first kappa shape index (κ1) is 13.1. The van der Waals surface area contributed by atoms with Gasteiger partial charge in [0, 0.05) is 18.5 Å². The van der Waals surface area contributed by atoms with E-state index in [4.69, 9.17) is 9.15 Å². The van der Waals surface area contributed by atoms with E-state index in [0.29, 0.717) is 12.6 Å². The summed E-state index contributed by atoms with van der Waals surface area (Å²) in [6, 6.07) is 8.64. The predicted octanol–water partition coefficient (Wildman–Crippen LogP) is 3.43. The van der Waals surface area contributed by atoms with Crippen LogP contribution in [0.1, 0.15) is 31.2 Å². The molecule has 98 valence electrons. The number of fused-ring (bicyclic) bond motifs is 1. The molecule has 1 heterocycles. The van der Waals surface area contributed by atoms with Gasteiger partial charge in [0.25, 0.3) is 0 Å². The largest absolute Gasteiger partial charge is 0.459 e. The number of benzene rings is 1. The van der Waals surface area contributed by atoms with Crippen LogP contribution >= 0.6 is 0 Å². The van der Waals surface area contributed by atoms with Crippen LogP contribution in [0.5, 0.6) is 0 Å². The van der Waals surface area contributed by atoms with Crippen LogP contribution in [0, 0.1) is 6.92 Å². The van der Waals surface area contributed by atoms with E-state index in [2.05, 4.69) is 32.2 Å². The Labute approximate surface area is 108 Å². The lowest BCUT2D eigenvalue weighted by atomic mass is 10.1. The molecule has 0 fully saturated rings. The summed E-state index contributed by atoms with van der Waals surface area (Å²) in [5, 5.41) is 4.68. The van der Waals surface area contributed by atoms with Gasteiger partial charge in [-0.2, -0.15) is 0 Å². The molecule has 0 bridgehead atoms. The maximum absolute atomic E-state index is 5.94. The summed E-state index contributed by atoms with van der Waals surface area (Å²) < 4.78 is 11.1. The van der Waals surface area contributed by atoms with Crippen molar-refractivity contribution in [1.29, 1.82) is 0 Å². The summed E-state index contributed by atoms with van der Waals surface area (Å²) in [5.41, 5.74) is 2.17. The normalized spacial score (nSPS) is 14.9. The Hall–Kier alpha value is -1.32. The maximum Gasteiger partial charge on any atom is 0.134 e. The van der Waals surface area contributed by atoms with Gasteiger partial charge in [-0.3, -0.25) is 0 Å². The minimum Gasteiger partial charge on any atom is -0.459 e. The van der Waals surface area contributed by atoms with Gasteiger partial charge < -0.3 is 14.5 Å². The monoisotopic (exact) mass is 247 g/mol. The summed E-state index contributed by atoms with van der Waals surface area (Å²) in [6.07, 6.45) is 0. The standard InChI is InChI=1S/C15H21NO2/c1-10(9-17-4)16-12(3)15-11(2)13-7-5-6-8-14(13)18-15/h5-8,10,12,16H,9H2,1-4H3. The van der Waals surface area contributed by atoms with Crippen molar-refractivity contribution >= 4 is 11.0 Å². The Morgan fingerprint density at radius 3 is 2.67 bits per heavy atom. The Morgan fingerprint density at radius 2 is 2.00 bits per heavy atom. The Balaban J connectivity index is 2.22. The van der Waals surface area contributed by atoms with Gasteiger partial charge in [-0.1, -0.05) is 18.2 Å². The van der Waals surface area contributed by atoms with Gasteiger partial charge in [-0.05, 0) is 32.4 Å². The summed E-state index contributed by atoms with van der Waals surface area (Å²) >= 11 is 0. The van der Waals surface area contributed by atoms with E-state index < -0.39 is 0 Å². The van der Waals surface area contributed by atoms with Crippen molar-refractivity contribution in [3.63, 3.8) is 0 Å². The number of hydrogen-bond donors (Lipinski definition) is 1. The van der Waals surface area contributed by atoms with Crippen molar-refractivity contribution in [2.24, 2.45) is 0 Å². The molecule has 0 aliphatic carbocycles. The molecule has 3 nitrogen and oxygen atoms in total. The zero-order valence-corrected chi connectivity index (χ0v) is 11.5. The first-order valence-corrected chi connectivity index (χ1v) is 6.36. The molecule has 2 rings (SSSR count). The molecule has 0 aliphatic heterocycles. The molecule has 18 heavy (non-hydrogen) atoms. The molecule has 1 aromatic heterocycles. The number of methoxy groups -OCH3 is 1. The van der Waals surface area contributed by atoms with E-state index >= 15 is 0 Å². The lowest BCUT2D eigenvalue weighted by Gasteiger charge is -2.18. The van der Waals surface area contributed by atoms with Crippen LogP contribution in [0.4, 0.5) is 0 Å². The number of ether oxygens (including phenoxy) is 1. The molecular formula is C15H21NO2. The van der Waals surface area contributed by atoms with Crippen LogP contribution in [-0.2, 0) is 4.74 Å². The van der Waals surface area contributed by atoms with Gasteiger partial charge in [0.05, 0.1) is 12.6 Å². The number of furan rings is 1. The van der Waals surface area contributed by atoms with Gasteiger partial charge in [0.15, 0.2) is 0 Å². The Bertz CT molecular complexity index is 518.